The Kier molecular flexibility index (Phi) is 11.5. The van der Waals surface area contributed by atoms with E-state index >= 15 is 0 Å². The molecule has 1 aromatic carbocycles. The maximum Gasteiger partial charge on any atom is 0.307 e. The van der Waals surface area contributed by atoms with Gasteiger partial charge in [0.15, 0.2) is 5.82 Å². The predicted molar refractivity (Wildman–Crippen MR) is 136 cm³/mol. The van der Waals surface area contributed by atoms with Gasteiger partial charge in [0.2, 0.25) is 0 Å². The van der Waals surface area contributed by atoms with Crippen molar-refractivity contribution in [2.45, 2.75) is 47.0 Å². The second-order valence-corrected chi connectivity index (χ2v) is 8.03. The summed E-state index contributed by atoms with van der Waals surface area (Å²) >= 11 is 1.69. The minimum absolute atomic E-state index is 0.0237. The molecule has 0 radical (unpaired) electrons. The molecule has 3 rings (SSSR count). The van der Waals surface area contributed by atoms with Crippen molar-refractivity contribution in [3.8, 4) is 23.5 Å². The second-order valence-electron chi connectivity index (χ2n) is 6.74. The van der Waals surface area contributed by atoms with Crippen LogP contribution in [0.3, 0.4) is 0 Å². The number of aliphatic carboxylic acids is 1. The molecule has 6 heteroatoms. The lowest BCUT2D eigenvalue weighted by molar-refractivity contribution is -0.136. The van der Waals surface area contributed by atoms with E-state index in [4.69, 9.17) is 15.1 Å². The van der Waals surface area contributed by atoms with Gasteiger partial charge in [-0.2, -0.15) is 0 Å². The number of benzene rings is 1. The molecule has 0 aliphatic heterocycles. The van der Waals surface area contributed by atoms with E-state index < -0.39 is 5.97 Å². The summed E-state index contributed by atoms with van der Waals surface area (Å²) in [6.07, 6.45) is 11.5. The van der Waals surface area contributed by atoms with Crippen molar-refractivity contribution in [3.05, 3.63) is 70.8 Å². The molecule has 0 unspecified atom stereocenters. The first-order chi connectivity index (χ1) is 15.4. The van der Waals surface area contributed by atoms with Gasteiger partial charge < -0.3 is 10.4 Å². The number of nitrogens with one attached hydrogen (secondary N) is 1. The summed E-state index contributed by atoms with van der Waals surface area (Å²) in [5, 5.41) is 12.3. The molecular weight excluding hydrogens is 418 g/mol. The van der Waals surface area contributed by atoms with Crippen molar-refractivity contribution in [1.29, 1.82) is 0 Å². The summed E-state index contributed by atoms with van der Waals surface area (Å²) in [6, 6.07) is 11.6. The fraction of sp³-hybridized carbons (Fsp3) is 0.269. The molecular formula is C26H31N3O2S. The zero-order chi connectivity index (χ0) is 24.1. The molecule has 0 bridgehead atoms. The third-order valence-electron chi connectivity index (χ3n) is 4.31. The highest BCUT2D eigenvalue weighted by Gasteiger charge is 2.14. The Morgan fingerprint density at radius 2 is 1.75 bits per heavy atom. The highest BCUT2D eigenvalue weighted by atomic mass is 32.1. The van der Waals surface area contributed by atoms with Crippen LogP contribution in [0.4, 0.5) is 11.5 Å². The number of thiophene rings is 1. The average Bonchev–Trinajstić information content (AvgIpc) is 3.22. The summed E-state index contributed by atoms with van der Waals surface area (Å²) < 4.78 is 0. The maximum absolute atomic E-state index is 10.8. The van der Waals surface area contributed by atoms with Crippen molar-refractivity contribution >= 4 is 28.8 Å². The number of carbonyl (C=O) groups is 1. The summed E-state index contributed by atoms with van der Waals surface area (Å²) in [4.78, 5) is 22.7. The van der Waals surface area contributed by atoms with Crippen LogP contribution in [0.15, 0.2) is 49.1 Å². The summed E-state index contributed by atoms with van der Waals surface area (Å²) in [5.41, 5.74) is 3.83. The number of carboxylic acids is 1. The van der Waals surface area contributed by atoms with Crippen LogP contribution in [0, 0.1) is 19.8 Å². The first-order valence-electron chi connectivity index (χ1n) is 10.4. The van der Waals surface area contributed by atoms with Gasteiger partial charge in [-0.1, -0.05) is 32.1 Å². The Balaban J connectivity index is 0.000000944. The van der Waals surface area contributed by atoms with Crippen molar-refractivity contribution in [2.24, 2.45) is 0 Å². The molecule has 2 N–H and O–H groups in total. The molecule has 2 aromatic heterocycles. The van der Waals surface area contributed by atoms with Gasteiger partial charge in [0.1, 0.15) is 5.82 Å². The molecule has 0 spiro atoms. The third kappa shape index (κ3) is 7.68. The standard InChI is InChI=1S/C21H23N3O2S.C3H6.C2H2/c1-4-16-17(5-2)23-21(18-11-6-13(3)27-18)24-20(16)22-15-9-7-14(8-10-15)12-19(25)26;1-3-2;1-2/h6-11H,4-5,12H2,1-3H3,(H,25,26)(H,22,23,24);3H,1H2,2H3;1-2H. The molecule has 0 aliphatic carbocycles. The number of carboxylic acid groups (broad SMARTS) is 1. The monoisotopic (exact) mass is 449 g/mol. The first-order valence-corrected chi connectivity index (χ1v) is 11.2. The van der Waals surface area contributed by atoms with Crippen molar-refractivity contribution in [3.63, 3.8) is 0 Å². The molecule has 3 aromatic rings. The number of anilines is 2. The highest BCUT2D eigenvalue weighted by molar-refractivity contribution is 7.15. The summed E-state index contributed by atoms with van der Waals surface area (Å²) in [7, 11) is 0. The highest BCUT2D eigenvalue weighted by Crippen LogP contribution is 2.30. The zero-order valence-electron chi connectivity index (χ0n) is 19.2. The van der Waals surface area contributed by atoms with E-state index in [0.29, 0.717) is 0 Å². The lowest BCUT2D eigenvalue weighted by Gasteiger charge is -2.15. The van der Waals surface area contributed by atoms with E-state index in [1.807, 2.05) is 31.2 Å². The number of allylic oxidation sites excluding steroid dienone is 1. The third-order valence-corrected chi connectivity index (χ3v) is 5.31. The number of terminal acetylenes is 1. The summed E-state index contributed by atoms with van der Waals surface area (Å²) in [5.74, 6) is 0.729. The van der Waals surface area contributed by atoms with E-state index in [1.54, 1.807) is 17.4 Å². The minimum atomic E-state index is -0.830. The van der Waals surface area contributed by atoms with Gasteiger partial charge >= 0.3 is 5.97 Å². The van der Waals surface area contributed by atoms with E-state index in [-0.39, 0.29) is 6.42 Å². The Morgan fingerprint density at radius 1 is 1.12 bits per heavy atom. The van der Waals surface area contributed by atoms with Crippen LogP contribution in [-0.4, -0.2) is 21.0 Å². The van der Waals surface area contributed by atoms with Gasteiger partial charge in [-0.25, -0.2) is 9.97 Å². The largest absolute Gasteiger partial charge is 0.481 e. The molecule has 0 fully saturated rings. The number of aromatic nitrogens is 2. The van der Waals surface area contributed by atoms with E-state index in [1.165, 1.54) is 4.88 Å². The number of rotatable bonds is 7. The van der Waals surface area contributed by atoms with Gasteiger partial charge in [0, 0.05) is 21.8 Å². The van der Waals surface area contributed by atoms with Gasteiger partial charge in [-0.15, -0.1) is 30.8 Å². The van der Waals surface area contributed by atoms with Crippen LogP contribution in [0.1, 0.15) is 42.5 Å². The lowest BCUT2D eigenvalue weighted by atomic mass is 10.1. The van der Waals surface area contributed by atoms with Crippen LogP contribution in [-0.2, 0) is 24.1 Å². The Hall–Kier alpha value is -3.43. The van der Waals surface area contributed by atoms with Gasteiger partial charge in [-0.3, -0.25) is 4.79 Å². The predicted octanol–water partition coefficient (Wildman–Crippen LogP) is 6.45. The lowest BCUT2D eigenvalue weighted by Crippen LogP contribution is -2.07. The topological polar surface area (TPSA) is 75.1 Å². The molecule has 2 heterocycles. The quantitative estimate of drug-likeness (QED) is 0.320. The van der Waals surface area contributed by atoms with E-state index in [9.17, 15) is 4.79 Å². The fourth-order valence-corrected chi connectivity index (χ4v) is 3.78. The van der Waals surface area contributed by atoms with Gasteiger partial charge in [0.25, 0.3) is 0 Å². The number of aryl methyl sites for hydroxylation is 2. The van der Waals surface area contributed by atoms with Gasteiger partial charge in [0.05, 0.1) is 11.3 Å². The van der Waals surface area contributed by atoms with Crippen molar-refractivity contribution in [2.75, 3.05) is 5.32 Å². The van der Waals surface area contributed by atoms with E-state index in [0.717, 1.165) is 51.9 Å². The van der Waals surface area contributed by atoms with Crippen LogP contribution in [0.2, 0.25) is 0 Å². The Morgan fingerprint density at radius 3 is 2.22 bits per heavy atom. The molecule has 32 heavy (non-hydrogen) atoms. The zero-order valence-corrected chi connectivity index (χ0v) is 20.0. The second kappa shape index (κ2) is 13.8. The normalized spacial score (nSPS) is 9.56. The maximum atomic E-state index is 10.8. The SMILES string of the molecule is C#C.C=CC.CCc1nc(-c2ccc(C)s2)nc(Nc2ccc(CC(=O)O)cc2)c1CC. The number of nitrogens with zero attached hydrogens (tertiary/aromatic N) is 2. The average molecular weight is 450 g/mol. The Bertz CT molecular complexity index is 1040. The van der Waals surface area contributed by atoms with Crippen molar-refractivity contribution < 1.29 is 9.90 Å². The fourth-order valence-electron chi connectivity index (χ4n) is 2.98. The first kappa shape index (κ1) is 26.6. The van der Waals surface area contributed by atoms with E-state index in [2.05, 4.69) is 57.6 Å². The molecule has 168 valence electrons. The summed E-state index contributed by atoms with van der Waals surface area (Å²) in [6.45, 7) is 11.5. The smallest absolute Gasteiger partial charge is 0.307 e. The molecule has 5 nitrogen and oxygen atoms in total. The Labute approximate surface area is 195 Å². The van der Waals surface area contributed by atoms with Crippen LogP contribution in [0.5, 0.6) is 0 Å². The number of hydrogen-bond acceptors (Lipinski definition) is 5. The molecule has 0 saturated carbocycles. The van der Waals surface area contributed by atoms with Crippen LogP contribution in [0.25, 0.3) is 10.7 Å². The minimum Gasteiger partial charge on any atom is -0.481 e. The molecule has 0 saturated heterocycles. The molecule has 0 atom stereocenters. The van der Waals surface area contributed by atoms with Gasteiger partial charge in [-0.05, 0) is 56.5 Å². The van der Waals surface area contributed by atoms with Crippen LogP contribution >= 0.6 is 11.3 Å². The molecule has 0 aliphatic rings. The van der Waals surface area contributed by atoms with Crippen LogP contribution < -0.4 is 5.32 Å². The number of hydrogen-bond donors (Lipinski definition) is 2. The molecule has 0 amide bonds. The van der Waals surface area contributed by atoms with Crippen molar-refractivity contribution in [1.82, 2.24) is 9.97 Å².